The summed E-state index contributed by atoms with van der Waals surface area (Å²) < 4.78 is 10.8. The molecule has 0 spiro atoms. The van der Waals surface area contributed by atoms with Gasteiger partial charge in [0.15, 0.2) is 0 Å². The van der Waals surface area contributed by atoms with Crippen molar-refractivity contribution in [2.75, 3.05) is 39.4 Å². The van der Waals surface area contributed by atoms with Crippen LogP contribution in [0.3, 0.4) is 0 Å². The van der Waals surface area contributed by atoms with Crippen LogP contribution in [0.4, 0.5) is 0 Å². The van der Waals surface area contributed by atoms with Gasteiger partial charge in [-0.25, -0.2) is 0 Å². The predicted molar refractivity (Wildman–Crippen MR) is 79.5 cm³/mol. The molecule has 1 N–H and O–H groups in total. The highest BCUT2D eigenvalue weighted by Gasteiger charge is 2.09. The quantitative estimate of drug-likeness (QED) is 0.655. The van der Waals surface area contributed by atoms with Gasteiger partial charge in [-0.05, 0) is 37.3 Å². The number of benzene rings is 1. The monoisotopic (exact) mass is 280 g/mol. The van der Waals surface area contributed by atoms with Gasteiger partial charge in [0.2, 0.25) is 0 Å². The largest absolute Gasteiger partial charge is 0.432 e. The lowest BCUT2D eigenvalue weighted by molar-refractivity contribution is 0.0375. The number of nitrogens with one attached hydrogen (secondary N) is 1. The minimum atomic E-state index is 0.438. The maximum atomic E-state index is 5.49. The Morgan fingerprint density at radius 1 is 1.26 bits per heavy atom. The van der Waals surface area contributed by atoms with Crippen molar-refractivity contribution in [1.29, 1.82) is 0 Å². The fraction of sp³-hybridized carbons (Fsp3) is 0.500. The summed E-state index contributed by atoms with van der Waals surface area (Å²) in [5, 5.41) is 3.56. The summed E-state index contributed by atoms with van der Waals surface area (Å²) in [5.41, 5.74) is 0. The Hall–Kier alpha value is -1.17. The molecule has 0 amide bonds. The number of hydrogen-bond acceptors (Lipinski definition) is 4. The number of morpholine rings is 1. The molecule has 1 aromatic rings. The molecule has 0 atom stereocenters. The number of rotatable bonds is 5. The van der Waals surface area contributed by atoms with E-state index < -0.39 is 0 Å². The first-order valence-corrected chi connectivity index (χ1v) is 7.06. The van der Waals surface area contributed by atoms with E-state index in [-0.39, 0.29) is 0 Å². The van der Waals surface area contributed by atoms with Crippen molar-refractivity contribution in [2.45, 2.75) is 6.42 Å². The van der Waals surface area contributed by atoms with Gasteiger partial charge in [-0.1, -0.05) is 18.2 Å². The number of nitrogens with zero attached hydrogens (tertiary/aromatic N) is 1. The number of thiocarbonyl (C=S) groups is 1. The van der Waals surface area contributed by atoms with E-state index in [1.54, 1.807) is 0 Å². The second kappa shape index (κ2) is 8.09. The van der Waals surface area contributed by atoms with Gasteiger partial charge in [0.1, 0.15) is 5.75 Å². The van der Waals surface area contributed by atoms with E-state index in [0.717, 1.165) is 51.6 Å². The number of hydrogen-bond donors (Lipinski definition) is 1. The Bertz CT molecular complexity index is 380. The van der Waals surface area contributed by atoms with Gasteiger partial charge in [0.25, 0.3) is 5.17 Å². The zero-order chi connectivity index (χ0) is 13.3. The Labute approximate surface area is 119 Å². The molecule has 0 bridgehead atoms. The van der Waals surface area contributed by atoms with E-state index in [1.807, 2.05) is 30.3 Å². The molecule has 0 unspecified atom stereocenters. The zero-order valence-corrected chi connectivity index (χ0v) is 11.8. The fourth-order valence-electron chi connectivity index (χ4n) is 1.95. The van der Waals surface area contributed by atoms with Crippen molar-refractivity contribution in [3.05, 3.63) is 30.3 Å². The van der Waals surface area contributed by atoms with Crippen molar-refractivity contribution in [3.8, 4) is 5.75 Å². The van der Waals surface area contributed by atoms with Crippen LogP contribution in [0.25, 0.3) is 0 Å². The average molecular weight is 280 g/mol. The molecule has 1 aliphatic heterocycles. The molecule has 5 heteroatoms. The normalized spacial score (nSPS) is 16.0. The van der Waals surface area contributed by atoms with Crippen LogP contribution >= 0.6 is 12.2 Å². The molecule has 0 aliphatic carbocycles. The van der Waals surface area contributed by atoms with E-state index >= 15 is 0 Å². The Morgan fingerprint density at radius 3 is 2.74 bits per heavy atom. The molecule has 104 valence electrons. The van der Waals surface area contributed by atoms with Gasteiger partial charge in [0, 0.05) is 19.6 Å². The molecule has 1 saturated heterocycles. The lowest BCUT2D eigenvalue weighted by Gasteiger charge is -2.26. The SMILES string of the molecule is S=C(NCCCN1CCOCC1)Oc1ccccc1. The molecule has 0 radical (unpaired) electrons. The van der Waals surface area contributed by atoms with Crippen LogP contribution in [0.15, 0.2) is 30.3 Å². The van der Waals surface area contributed by atoms with Crippen molar-refractivity contribution in [1.82, 2.24) is 10.2 Å². The first-order valence-electron chi connectivity index (χ1n) is 6.65. The predicted octanol–water partition coefficient (Wildman–Crippen LogP) is 1.66. The number of ether oxygens (including phenoxy) is 2. The molecule has 1 fully saturated rings. The summed E-state index contributed by atoms with van der Waals surface area (Å²) >= 11 is 5.14. The van der Waals surface area contributed by atoms with Crippen molar-refractivity contribution in [3.63, 3.8) is 0 Å². The average Bonchev–Trinajstić information content (AvgIpc) is 2.46. The molecule has 1 heterocycles. The molecule has 0 aromatic heterocycles. The third-order valence-electron chi connectivity index (χ3n) is 2.98. The van der Waals surface area contributed by atoms with Crippen molar-refractivity contribution < 1.29 is 9.47 Å². The molecule has 0 saturated carbocycles. The van der Waals surface area contributed by atoms with Crippen molar-refractivity contribution >= 4 is 17.4 Å². The van der Waals surface area contributed by atoms with E-state index in [4.69, 9.17) is 21.7 Å². The van der Waals surface area contributed by atoms with E-state index in [9.17, 15) is 0 Å². The Morgan fingerprint density at radius 2 is 2.00 bits per heavy atom. The minimum absolute atomic E-state index is 0.438. The minimum Gasteiger partial charge on any atom is -0.432 e. The molecule has 1 aliphatic rings. The van der Waals surface area contributed by atoms with Gasteiger partial charge in [-0.2, -0.15) is 0 Å². The van der Waals surface area contributed by atoms with E-state index in [1.165, 1.54) is 0 Å². The van der Waals surface area contributed by atoms with Crippen molar-refractivity contribution in [2.24, 2.45) is 0 Å². The van der Waals surface area contributed by atoms with Crippen LogP contribution in [0.5, 0.6) is 5.75 Å². The number of para-hydroxylation sites is 1. The molecule has 2 rings (SSSR count). The first-order chi connectivity index (χ1) is 9.34. The Kier molecular flexibility index (Phi) is 6.07. The molecule has 4 nitrogen and oxygen atoms in total. The van der Waals surface area contributed by atoms with Crippen LogP contribution in [-0.4, -0.2) is 49.5 Å². The fourth-order valence-corrected chi connectivity index (χ4v) is 2.15. The van der Waals surface area contributed by atoms with Gasteiger partial charge in [-0.15, -0.1) is 0 Å². The summed E-state index contributed by atoms with van der Waals surface area (Å²) in [6.45, 7) is 5.68. The van der Waals surface area contributed by atoms with Gasteiger partial charge in [0.05, 0.1) is 13.2 Å². The van der Waals surface area contributed by atoms with Gasteiger partial charge in [-0.3, -0.25) is 4.90 Å². The summed E-state index contributed by atoms with van der Waals surface area (Å²) in [7, 11) is 0. The molecular formula is C14H20N2O2S. The lowest BCUT2D eigenvalue weighted by Crippen LogP contribution is -2.38. The smallest absolute Gasteiger partial charge is 0.262 e. The summed E-state index contributed by atoms with van der Waals surface area (Å²) in [4.78, 5) is 2.41. The summed E-state index contributed by atoms with van der Waals surface area (Å²) in [6.07, 6.45) is 1.05. The highest BCUT2D eigenvalue weighted by molar-refractivity contribution is 7.80. The standard InChI is InChI=1S/C14H20N2O2S/c19-14(18-13-5-2-1-3-6-13)15-7-4-8-16-9-11-17-12-10-16/h1-3,5-6H,4,7-12H2,(H,15,19). The van der Waals surface area contributed by atoms with Gasteiger partial charge >= 0.3 is 0 Å². The summed E-state index contributed by atoms with van der Waals surface area (Å²) in [5.74, 6) is 0.771. The second-order valence-electron chi connectivity index (χ2n) is 4.44. The Balaban J connectivity index is 1.56. The summed E-state index contributed by atoms with van der Waals surface area (Å²) in [6, 6.07) is 9.59. The molecule has 1 aromatic carbocycles. The zero-order valence-electron chi connectivity index (χ0n) is 11.0. The molecule has 19 heavy (non-hydrogen) atoms. The lowest BCUT2D eigenvalue weighted by atomic mass is 10.3. The van der Waals surface area contributed by atoms with Crippen LogP contribution in [0.2, 0.25) is 0 Å². The third-order valence-corrected chi connectivity index (χ3v) is 3.21. The maximum absolute atomic E-state index is 5.49. The highest BCUT2D eigenvalue weighted by Crippen LogP contribution is 2.08. The van der Waals surface area contributed by atoms with Crippen LogP contribution < -0.4 is 10.1 Å². The van der Waals surface area contributed by atoms with Gasteiger partial charge < -0.3 is 14.8 Å². The highest BCUT2D eigenvalue weighted by atomic mass is 32.1. The third kappa shape index (κ3) is 5.55. The molecular weight excluding hydrogens is 260 g/mol. The van der Waals surface area contributed by atoms with Crippen LogP contribution in [0.1, 0.15) is 6.42 Å². The van der Waals surface area contributed by atoms with Crippen LogP contribution in [-0.2, 0) is 4.74 Å². The van der Waals surface area contributed by atoms with Crippen LogP contribution in [0, 0.1) is 0 Å². The van der Waals surface area contributed by atoms with E-state index in [0.29, 0.717) is 5.17 Å². The second-order valence-corrected chi connectivity index (χ2v) is 4.81. The topological polar surface area (TPSA) is 33.7 Å². The maximum Gasteiger partial charge on any atom is 0.262 e. The van der Waals surface area contributed by atoms with E-state index in [2.05, 4.69) is 10.2 Å². The first kappa shape index (κ1) is 14.2.